The largest absolute Gasteiger partial charge is 3.00 e. The van der Waals surface area contributed by atoms with Crippen LogP contribution in [-0.4, -0.2) is 109 Å². The zero-order valence-electron chi connectivity index (χ0n) is 3.20. The van der Waals surface area contributed by atoms with Crippen molar-refractivity contribution < 1.29 is 0 Å². The first-order chi connectivity index (χ1) is 0. The molecule has 0 rings (SSSR count). The molecule has 0 unspecified atom stereocenters. The van der Waals surface area contributed by atoms with Gasteiger partial charge in [-0.1, -0.05) is 0 Å². The van der Waals surface area contributed by atoms with Gasteiger partial charge in [0.15, 0.2) is 0 Å². The van der Waals surface area contributed by atoms with Crippen molar-refractivity contribution in [3.8, 4) is 0 Å². The molecule has 0 saturated carbocycles. The average molecular weight is 475 g/mol. The van der Waals surface area contributed by atoms with Crippen molar-refractivity contribution in [2.45, 2.75) is 0 Å². The summed E-state index contributed by atoms with van der Waals surface area (Å²) in [7, 11) is 0. The number of hydrogen-bond donors (Lipinski definition) is 0. The SMILES string of the molecule is [As-3].[Ga+3].[Ga+3].[In].[In].[P-3]. The van der Waals surface area contributed by atoms with Gasteiger partial charge in [0, 0.05) is 51.7 Å². The fraction of sp³-hybridized carbons (Fsp3) is 0. The zero-order chi connectivity index (χ0) is 0. The van der Waals surface area contributed by atoms with Crippen LogP contribution >= 0.6 is 9.90 Å². The smallest absolute Gasteiger partial charge is 3.00 e. The van der Waals surface area contributed by atoms with Crippen molar-refractivity contribution in [3.05, 3.63) is 0 Å². The summed E-state index contributed by atoms with van der Waals surface area (Å²) in [5, 5.41) is 0. The Labute approximate surface area is 117 Å². The summed E-state index contributed by atoms with van der Waals surface area (Å²) in [5.74, 6) is 0. The van der Waals surface area contributed by atoms with E-state index >= 15 is 0 Å². The van der Waals surface area contributed by atoms with Crippen molar-refractivity contribution in [3.63, 3.8) is 0 Å². The molecule has 0 amide bonds. The average Bonchev–Trinajstić information content (AvgIpc) is 0. The van der Waals surface area contributed by atoms with E-state index in [0.29, 0.717) is 0 Å². The third-order valence-corrected chi connectivity index (χ3v) is 0. The first-order valence-corrected chi connectivity index (χ1v) is 0. The van der Waals surface area contributed by atoms with Crippen LogP contribution in [0.3, 0.4) is 0 Å². The van der Waals surface area contributed by atoms with Gasteiger partial charge in [0.25, 0.3) is 0 Å². The molecule has 0 aromatic rings. The van der Waals surface area contributed by atoms with Gasteiger partial charge in [0.05, 0.1) is 0 Å². The fourth-order valence-electron chi connectivity index (χ4n) is 0. The molecule has 0 N–H and O–H groups in total. The van der Waals surface area contributed by atoms with Gasteiger partial charge in [-0.3, -0.25) is 0 Å². The summed E-state index contributed by atoms with van der Waals surface area (Å²) in [4.78, 5) is 0. The predicted octanol–water partition coefficient (Wildman–Crippen LogP) is -1.04. The van der Waals surface area contributed by atoms with Crippen LogP contribution in [0, 0.1) is 0 Å². The second-order valence-electron chi connectivity index (χ2n) is 0. The Morgan fingerprint density at radius 1 is 0.667 bits per heavy atom. The van der Waals surface area contributed by atoms with Crippen LogP contribution in [-0.2, 0) is 0 Å². The van der Waals surface area contributed by atoms with Gasteiger partial charge in [0.2, 0.25) is 0 Å². The van der Waals surface area contributed by atoms with Crippen molar-refractivity contribution in [1.82, 2.24) is 0 Å². The van der Waals surface area contributed by atoms with Crippen molar-refractivity contribution in [2.24, 2.45) is 0 Å². The molecule has 0 nitrogen and oxygen atoms in total. The summed E-state index contributed by atoms with van der Waals surface area (Å²) in [6.07, 6.45) is 0. The Balaban J connectivity index is 0. The van der Waals surface area contributed by atoms with E-state index in [4.69, 9.17) is 0 Å². The van der Waals surface area contributed by atoms with E-state index in [1.807, 2.05) is 0 Å². The molecule has 6 heavy (non-hydrogen) atoms. The van der Waals surface area contributed by atoms with E-state index in [1.165, 1.54) is 0 Å². The summed E-state index contributed by atoms with van der Waals surface area (Å²) in [6, 6.07) is 0. The Morgan fingerprint density at radius 3 is 0.667 bits per heavy atom. The summed E-state index contributed by atoms with van der Waals surface area (Å²) >= 11 is 0. The van der Waals surface area contributed by atoms with E-state index in [0.717, 1.165) is 0 Å². The first kappa shape index (κ1) is 50.6. The first-order valence-electron chi connectivity index (χ1n) is 0. The maximum absolute atomic E-state index is 0. The molecule has 22 valence electrons. The molecule has 0 aromatic carbocycles. The Kier molecular flexibility index (Phi) is 304. The molecule has 0 fully saturated rings. The molecule has 0 aromatic heterocycles. The minimum absolute atomic E-state index is 0. The van der Waals surface area contributed by atoms with Crippen LogP contribution in [0.25, 0.3) is 0 Å². The topological polar surface area (TPSA) is 0 Å². The second kappa shape index (κ2) is 36.0. The van der Waals surface area contributed by atoms with Gasteiger partial charge in [-0.05, 0) is 0 Å². The normalized spacial score (nSPS) is 0. The van der Waals surface area contributed by atoms with Crippen LogP contribution in [0.4, 0.5) is 0 Å². The maximum Gasteiger partial charge on any atom is 3.00 e. The van der Waals surface area contributed by atoms with E-state index in [9.17, 15) is 0 Å². The third-order valence-electron chi connectivity index (χ3n) is 0. The van der Waals surface area contributed by atoms with E-state index in [2.05, 4.69) is 0 Å². The molecule has 0 heterocycles. The molecular formula is AsGa2In2P. The van der Waals surface area contributed by atoms with Crippen LogP contribution in [0.1, 0.15) is 0 Å². The van der Waals surface area contributed by atoms with Gasteiger partial charge in [0.1, 0.15) is 0 Å². The Bertz CT molecular complexity index is 11.5. The van der Waals surface area contributed by atoms with Crippen molar-refractivity contribution in [1.29, 1.82) is 0 Å². The molecule has 0 aliphatic heterocycles. The van der Waals surface area contributed by atoms with Crippen LogP contribution in [0.15, 0.2) is 0 Å². The maximum atomic E-state index is 0. The minimum atomic E-state index is 0. The second-order valence-corrected chi connectivity index (χ2v) is 0. The summed E-state index contributed by atoms with van der Waals surface area (Å²) in [6.45, 7) is 0. The molecular weight excluding hydrogens is 475 g/mol. The number of hydrogen-bond acceptors (Lipinski definition) is 0. The minimum Gasteiger partial charge on any atom is -3.00 e. The van der Waals surface area contributed by atoms with Gasteiger partial charge in [-0.15, -0.1) is 0 Å². The standard InChI is InChI=1S/As.2Ga.2In.P/q-3;2*+3;;;-3. The summed E-state index contributed by atoms with van der Waals surface area (Å²) < 4.78 is 0. The molecule has 0 bridgehead atoms. The van der Waals surface area contributed by atoms with Gasteiger partial charge < -0.3 is 27.9 Å². The predicted molar refractivity (Wildman–Crippen MR) is 35.7 cm³/mol. The molecule has 6 heteroatoms. The molecule has 0 aliphatic rings. The van der Waals surface area contributed by atoms with Gasteiger partial charge >= 0.3 is 39.6 Å². The monoisotopic (exact) mass is 474 g/mol. The molecule has 6 radical (unpaired) electrons. The Hall–Kier alpha value is 4.00. The third kappa shape index (κ3) is 24.5. The van der Waals surface area contributed by atoms with Gasteiger partial charge in [-0.2, -0.15) is 0 Å². The van der Waals surface area contributed by atoms with E-state index in [-0.39, 0.29) is 119 Å². The van der Waals surface area contributed by atoms with Crippen LogP contribution in [0.5, 0.6) is 0 Å². The quantitative estimate of drug-likeness (QED) is 0.311. The molecule has 0 aliphatic carbocycles. The molecule has 0 saturated heterocycles. The van der Waals surface area contributed by atoms with Gasteiger partial charge in [-0.25, -0.2) is 0 Å². The molecule has 0 atom stereocenters. The Morgan fingerprint density at radius 2 is 0.667 bits per heavy atom. The molecule has 0 spiro atoms. The van der Waals surface area contributed by atoms with Crippen molar-refractivity contribution in [2.75, 3.05) is 0 Å². The zero-order valence-corrected chi connectivity index (χ0v) is 17.4. The van der Waals surface area contributed by atoms with Crippen LogP contribution in [0.2, 0.25) is 0 Å². The van der Waals surface area contributed by atoms with Crippen LogP contribution < -0.4 is 0 Å². The van der Waals surface area contributed by atoms with Crippen molar-refractivity contribution >= 4 is 119 Å². The number of rotatable bonds is 0. The van der Waals surface area contributed by atoms with E-state index in [1.54, 1.807) is 0 Å². The summed E-state index contributed by atoms with van der Waals surface area (Å²) in [5.41, 5.74) is 0. The van der Waals surface area contributed by atoms with E-state index < -0.39 is 0 Å². The fourth-order valence-corrected chi connectivity index (χ4v) is 0.